The van der Waals surface area contributed by atoms with Crippen LogP contribution < -0.4 is 5.73 Å². The summed E-state index contributed by atoms with van der Waals surface area (Å²) in [6, 6.07) is 6.25. The number of rotatable bonds is 6. The van der Waals surface area contributed by atoms with Crippen molar-refractivity contribution in [1.82, 2.24) is 0 Å². The molecule has 0 fully saturated rings. The minimum Gasteiger partial charge on any atom is -0.321 e. The number of hydrogen-bond acceptors (Lipinski definition) is 4. The first-order chi connectivity index (χ1) is 8.29. The number of sulfone groups is 1. The zero-order valence-electron chi connectivity index (χ0n) is 10.1. The standard InChI is InChI=1S/C12H16ClNO3S/c1-18(16,17)7-6-11(14)12(15)8-9-4-2-3-5-10(9)13/h2-5,11H,6-8,14H2,1H3. The molecule has 1 atom stereocenters. The lowest BCUT2D eigenvalue weighted by atomic mass is 10.0. The van der Waals surface area contributed by atoms with Gasteiger partial charge >= 0.3 is 0 Å². The van der Waals surface area contributed by atoms with E-state index in [1.54, 1.807) is 24.3 Å². The number of hydrogen-bond donors (Lipinski definition) is 1. The first-order valence-electron chi connectivity index (χ1n) is 5.49. The second-order valence-electron chi connectivity index (χ2n) is 4.26. The Morgan fingerprint density at radius 3 is 2.56 bits per heavy atom. The Morgan fingerprint density at radius 1 is 1.39 bits per heavy atom. The van der Waals surface area contributed by atoms with E-state index in [1.807, 2.05) is 0 Å². The fourth-order valence-electron chi connectivity index (χ4n) is 1.46. The highest BCUT2D eigenvalue weighted by Gasteiger charge is 2.17. The van der Waals surface area contributed by atoms with Gasteiger partial charge in [0, 0.05) is 17.7 Å². The number of halogens is 1. The number of benzene rings is 1. The lowest BCUT2D eigenvalue weighted by Crippen LogP contribution is -2.33. The van der Waals surface area contributed by atoms with Gasteiger partial charge in [0.2, 0.25) is 0 Å². The van der Waals surface area contributed by atoms with Crippen molar-refractivity contribution in [2.45, 2.75) is 18.9 Å². The van der Waals surface area contributed by atoms with Crippen LogP contribution in [0.4, 0.5) is 0 Å². The number of carbonyl (C=O) groups excluding carboxylic acids is 1. The molecule has 4 nitrogen and oxygen atoms in total. The minimum atomic E-state index is -3.09. The fourth-order valence-corrected chi connectivity index (χ4v) is 2.35. The van der Waals surface area contributed by atoms with Crippen LogP contribution in [0.5, 0.6) is 0 Å². The second kappa shape index (κ2) is 6.31. The molecule has 0 aliphatic rings. The topological polar surface area (TPSA) is 77.2 Å². The lowest BCUT2D eigenvalue weighted by Gasteiger charge is -2.10. The van der Waals surface area contributed by atoms with Crippen LogP contribution in [0.15, 0.2) is 24.3 Å². The molecule has 0 aliphatic carbocycles. The van der Waals surface area contributed by atoms with Crippen molar-refractivity contribution in [2.24, 2.45) is 5.73 Å². The zero-order chi connectivity index (χ0) is 13.8. The van der Waals surface area contributed by atoms with Gasteiger partial charge in [-0.1, -0.05) is 29.8 Å². The largest absolute Gasteiger partial charge is 0.321 e. The SMILES string of the molecule is CS(=O)(=O)CCC(N)C(=O)Cc1ccccc1Cl. The van der Waals surface area contributed by atoms with Crippen LogP contribution in [0, 0.1) is 0 Å². The highest BCUT2D eigenvalue weighted by molar-refractivity contribution is 7.90. The first-order valence-corrected chi connectivity index (χ1v) is 7.93. The summed E-state index contributed by atoms with van der Waals surface area (Å²) in [7, 11) is -3.09. The van der Waals surface area contributed by atoms with Gasteiger partial charge in [-0.2, -0.15) is 0 Å². The molecule has 6 heteroatoms. The molecule has 0 radical (unpaired) electrons. The number of carbonyl (C=O) groups is 1. The smallest absolute Gasteiger partial charge is 0.153 e. The van der Waals surface area contributed by atoms with Gasteiger partial charge in [0.25, 0.3) is 0 Å². The molecule has 18 heavy (non-hydrogen) atoms. The van der Waals surface area contributed by atoms with Crippen molar-refractivity contribution < 1.29 is 13.2 Å². The van der Waals surface area contributed by atoms with Crippen molar-refractivity contribution in [2.75, 3.05) is 12.0 Å². The summed E-state index contributed by atoms with van der Waals surface area (Å²) in [5.41, 5.74) is 6.37. The maximum atomic E-state index is 11.8. The third kappa shape index (κ3) is 5.16. The van der Waals surface area contributed by atoms with E-state index in [0.717, 1.165) is 6.26 Å². The van der Waals surface area contributed by atoms with Crippen molar-refractivity contribution >= 4 is 27.2 Å². The van der Waals surface area contributed by atoms with Crippen LogP contribution in [0.3, 0.4) is 0 Å². The van der Waals surface area contributed by atoms with Crippen LogP contribution >= 0.6 is 11.6 Å². The van der Waals surface area contributed by atoms with Gasteiger partial charge in [0.05, 0.1) is 11.8 Å². The van der Waals surface area contributed by atoms with Gasteiger partial charge in [-0.3, -0.25) is 4.79 Å². The highest BCUT2D eigenvalue weighted by Crippen LogP contribution is 2.16. The molecule has 0 aliphatic heterocycles. The zero-order valence-corrected chi connectivity index (χ0v) is 11.7. The van der Waals surface area contributed by atoms with E-state index in [0.29, 0.717) is 10.6 Å². The molecule has 1 rings (SSSR count). The van der Waals surface area contributed by atoms with Crippen molar-refractivity contribution in [1.29, 1.82) is 0 Å². The molecule has 0 amide bonds. The van der Waals surface area contributed by atoms with E-state index in [9.17, 15) is 13.2 Å². The molecule has 0 heterocycles. The number of Topliss-reactive ketones (excluding diaryl/α,β-unsaturated/α-hetero) is 1. The third-order valence-electron chi connectivity index (χ3n) is 2.54. The minimum absolute atomic E-state index is 0.0809. The summed E-state index contributed by atoms with van der Waals surface area (Å²) < 4.78 is 22.0. The van der Waals surface area contributed by atoms with E-state index < -0.39 is 15.9 Å². The van der Waals surface area contributed by atoms with Gasteiger partial charge in [-0.15, -0.1) is 0 Å². The lowest BCUT2D eigenvalue weighted by molar-refractivity contribution is -0.119. The van der Waals surface area contributed by atoms with E-state index >= 15 is 0 Å². The number of nitrogens with two attached hydrogens (primary N) is 1. The van der Waals surface area contributed by atoms with Gasteiger partial charge in [-0.05, 0) is 18.1 Å². The van der Waals surface area contributed by atoms with Crippen molar-refractivity contribution in [3.63, 3.8) is 0 Å². The Kier molecular flexibility index (Phi) is 5.31. The average Bonchev–Trinajstić information content (AvgIpc) is 2.28. The van der Waals surface area contributed by atoms with E-state index in [2.05, 4.69) is 0 Å². The highest BCUT2D eigenvalue weighted by atomic mass is 35.5. The Bertz CT molecular complexity index is 528. The summed E-state index contributed by atoms with van der Waals surface area (Å²) >= 11 is 5.93. The summed E-state index contributed by atoms with van der Waals surface area (Å²) in [4.78, 5) is 11.8. The molecule has 100 valence electrons. The molecular weight excluding hydrogens is 274 g/mol. The van der Waals surface area contributed by atoms with Crippen molar-refractivity contribution in [3.05, 3.63) is 34.9 Å². The van der Waals surface area contributed by atoms with Gasteiger partial charge < -0.3 is 5.73 Å². The molecule has 1 unspecified atom stereocenters. The van der Waals surface area contributed by atoms with Crippen LogP contribution in [-0.2, 0) is 21.1 Å². The second-order valence-corrected chi connectivity index (χ2v) is 6.93. The Morgan fingerprint density at radius 2 is 2.00 bits per heavy atom. The summed E-state index contributed by atoms with van der Waals surface area (Å²) in [6.45, 7) is 0. The van der Waals surface area contributed by atoms with Crippen LogP contribution in [0.2, 0.25) is 5.02 Å². The van der Waals surface area contributed by atoms with E-state index in [1.165, 1.54) is 0 Å². The van der Waals surface area contributed by atoms with Gasteiger partial charge in [0.1, 0.15) is 9.84 Å². The Hall–Kier alpha value is -0.910. The molecule has 0 aromatic heterocycles. The molecular formula is C12H16ClNO3S. The monoisotopic (exact) mass is 289 g/mol. The molecule has 2 N–H and O–H groups in total. The third-order valence-corrected chi connectivity index (χ3v) is 3.88. The molecule has 0 saturated heterocycles. The molecule has 0 saturated carbocycles. The van der Waals surface area contributed by atoms with Crippen LogP contribution in [-0.4, -0.2) is 32.3 Å². The van der Waals surface area contributed by atoms with Crippen LogP contribution in [0.1, 0.15) is 12.0 Å². The average molecular weight is 290 g/mol. The van der Waals surface area contributed by atoms with Crippen LogP contribution in [0.25, 0.3) is 0 Å². The normalized spacial score (nSPS) is 13.3. The van der Waals surface area contributed by atoms with Gasteiger partial charge in [0.15, 0.2) is 5.78 Å². The summed E-state index contributed by atoms with van der Waals surface area (Å²) in [6.07, 6.45) is 1.39. The molecule has 1 aromatic carbocycles. The maximum Gasteiger partial charge on any atom is 0.153 e. The molecule has 1 aromatic rings. The maximum absolute atomic E-state index is 11.8. The Labute approximate surface area is 112 Å². The molecule has 0 bridgehead atoms. The predicted octanol–water partition coefficient (Wildman–Crippen LogP) is 1.21. The van der Waals surface area contributed by atoms with Gasteiger partial charge in [-0.25, -0.2) is 8.42 Å². The first kappa shape index (κ1) is 15.1. The number of ketones is 1. The quantitative estimate of drug-likeness (QED) is 0.854. The molecule has 0 spiro atoms. The summed E-state index contributed by atoms with van der Waals surface area (Å²) in [5.74, 6) is -0.283. The van der Waals surface area contributed by atoms with Crippen molar-refractivity contribution in [3.8, 4) is 0 Å². The Balaban J connectivity index is 2.58. The fraction of sp³-hybridized carbons (Fsp3) is 0.417. The summed E-state index contributed by atoms with van der Waals surface area (Å²) in [5, 5.41) is 0.515. The predicted molar refractivity (Wildman–Crippen MR) is 72.5 cm³/mol. The van der Waals surface area contributed by atoms with E-state index in [-0.39, 0.29) is 24.4 Å². The van der Waals surface area contributed by atoms with E-state index in [4.69, 9.17) is 17.3 Å².